The lowest BCUT2D eigenvalue weighted by molar-refractivity contribution is 0.171. The summed E-state index contributed by atoms with van der Waals surface area (Å²) in [4.78, 5) is 4.41. The standard InChI is InChI=1S/C23H25BFNO5S/c1-2-16-14-32(29,30)22-13-24(28)31-21(23(16)22)9-7-17(19-5-3-4-10-26-19)11-15-6-8-20(27)18(25)12-15/h3-6,8,10-12,21-22,27-28H,2,7,9,13-14H2,1H3/b17-11-/t21-,22+/m1/s1. The van der Waals surface area contributed by atoms with Gasteiger partial charge in [-0.15, -0.1) is 0 Å². The van der Waals surface area contributed by atoms with E-state index in [-0.39, 0.29) is 12.1 Å². The van der Waals surface area contributed by atoms with E-state index < -0.39 is 39.9 Å². The lowest BCUT2D eigenvalue weighted by Crippen LogP contribution is -2.41. The van der Waals surface area contributed by atoms with Gasteiger partial charge in [-0.2, -0.15) is 0 Å². The first-order valence-corrected chi connectivity index (χ1v) is 12.4. The van der Waals surface area contributed by atoms with E-state index in [2.05, 4.69) is 4.98 Å². The van der Waals surface area contributed by atoms with Crippen molar-refractivity contribution in [2.75, 3.05) is 5.75 Å². The Morgan fingerprint density at radius 1 is 1.34 bits per heavy atom. The van der Waals surface area contributed by atoms with Crippen molar-refractivity contribution in [3.63, 3.8) is 0 Å². The number of phenolic OH excluding ortho intramolecular Hbond substituents is 1. The minimum absolute atomic E-state index is 0.0196. The Kier molecular flexibility index (Phi) is 6.51. The van der Waals surface area contributed by atoms with Gasteiger partial charge >= 0.3 is 7.12 Å². The predicted molar refractivity (Wildman–Crippen MR) is 122 cm³/mol. The highest BCUT2D eigenvalue weighted by atomic mass is 32.2. The van der Waals surface area contributed by atoms with E-state index >= 15 is 0 Å². The van der Waals surface area contributed by atoms with Crippen LogP contribution in [-0.4, -0.2) is 47.8 Å². The van der Waals surface area contributed by atoms with Crippen molar-refractivity contribution < 1.29 is 27.6 Å². The minimum atomic E-state index is -3.33. The van der Waals surface area contributed by atoms with Gasteiger partial charge in [0.25, 0.3) is 0 Å². The molecule has 1 saturated heterocycles. The minimum Gasteiger partial charge on any atom is -0.505 e. The molecule has 9 heteroatoms. The number of fused-ring (bicyclic) bond motifs is 1. The number of rotatable bonds is 6. The summed E-state index contributed by atoms with van der Waals surface area (Å²) in [5.74, 6) is -1.11. The molecule has 168 valence electrons. The van der Waals surface area contributed by atoms with Gasteiger partial charge in [0, 0.05) is 12.5 Å². The van der Waals surface area contributed by atoms with Crippen molar-refractivity contribution in [3.05, 3.63) is 70.8 Å². The molecular weight excluding hydrogens is 432 g/mol. The first-order valence-electron chi connectivity index (χ1n) is 10.7. The molecule has 6 nitrogen and oxygen atoms in total. The van der Waals surface area contributed by atoms with Gasteiger partial charge in [-0.1, -0.05) is 24.6 Å². The average Bonchev–Trinajstić information content (AvgIpc) is 3.04. The Labute approximate surface area is 187 Å². The highest BCUT2D eigenvalue weighted by Gasteiger charge is 2.47. The molecular formula is C23H25BFNO5S. The maximum absolute atomic E-state index is 13.8. The van der Waals surface area contributed by atoms with Gasteiger partial charge in [0.1, 0.15) is 0 Å². The Bertz CT molecular complexity index is 1170. The van der Waals surface area contributed by atoms with Crippen LogP contribution in [0, 0.1) is 5.82 Å². The molecule has 2 N–H and O–H groups in total. The number of aromatic nitrogens is 1. The highest BCUT2D eigenvalue weighted by Crippen LogP contribution is 2.41. The third kappa shape index (κ3) is 4.65. The van der Waals surface area contributed by atoms with Crippen LogP contribution < -0.4 is 0 Å². The quantitative estimate of drug-likeness (QED) is 0.508. The van der Waals surface area contributed by atoms with Crippen LogP contribution in [0.3, 0.4) is 0 Å². The third-order valence-corrected chi connectivity index (χ3v) is 8.12. The molecule has 0 saturated carbocycles. The molecule has 0 bridgehead atoms. The van der Waals surface area contributed by atoms with Crippen molar-refractivity contribution in [2.45, 2.75) is 43.9 Å². The van der Waals surface area contributed by atoms with Crippen LogP contribution in [0.15, 0.2) is 53.7 Å². The summed E-state index contributed by atoms with van der Waals surface area (Å²) in [5, 5.41) is 19.0. The van der Waals surface area contributed by atoms with Crippen LogP contribution in [-0.2, 0) is 14.5 Å². The van der Waals surface area contributed by atoms with Gasteiger partial charge < -0.3 is 14.8 Å². The summed E-state index contributed by atoms with van der Waals surface area (Å²) in [7, 11) is -4.46. The Morgan fingerprint density at radius 2 is 2.16 bits per heavy atom. The Morgan fingerprint density at radius 3 is 2.84 bits per heavy atom. The molecule has 32 heavy (non-hydrogen) atoms. The molecule has 2 aliphatic rings. The molecule has 0 aliphatic carbocycles. The highest BCUT2D eigenvalue weighted by molar-refractivity contribution is 7.92. The van der Waals surface area contributed by atoms with Gasteiger partial charge in [0.2, 0.25) is 0 Å². The van der Waals surface area contributed by atoms with Crippen LogP contribution in [0.2, 0.25) is 6.32 Å². The number of sulfone groups is 1. The van der Waals surface area contributed by atoms with Gasteiger partial charge in [0.05, 0.1) is 22.8 Å². The maximum atomic E-state index is 13.8. The van der Waals surface area contributed by atoms with Crippen LogP contribution in [0.4, 0.5) is 4.39 Å². The molecule has 1 fully saturated rings. The van der Waals surface area contributed by atoms with Crippen LogP contribution in [0.1, 0.15) is 37.4 Å². The zero-order valence-electron chi connectivity index (χ0n) is 17.7. The molecule has 1 aromatic carbocycles. The number of nitrogens with zero attached hydrogens (tertiary/aromatic N) is 1. The number of phenols is 1. The number of aromatic hydroxyl groups is 1. The van der Waals surface area contributed by atoms with Crippen molar-refractivity contribution in [3.8, 4) is 5.75 Å². The first-order chi connectivity index (χ1) is 15.3. The maximum Gasteiger partial charge on any atom is 0.456 e. The summed E-state index contributed by atoms with van der Waals surface area (Å²) in [5.41, 5.74) is 3.75. The van der Waals surface area contributed by atoms with Gasteiger partial charge in [0.15, 0.2) is 21.4 Å². The molecule has 0 radical (unpaired) electrons. The van der Waals surface area contributed by atoms with Crippen LogP contribution in [0.5, 0.6) is 5.75 Å². The lowest BCUT2D eigenvalue weighted by Gasteiger charge is -2.32. The van der Waals surface area contributed by atoms with Gasteiger partial charge in [-0.25, -0.2) is 12.8 Å². The van der Waals surface area contributed by atoms with Crippen molar-refractivity contribution in [2.24, 2.45) is 0 Å². The largest absolute Gasteiger partial charge is 0.505 e. The predicted octanol–water partition coefficient (Wildman–Crippen LogP) is 3.63. The van der Waals surface area contributed by atoms with E-state index in [4.69, 9.17) is 4.65 Å². The second-order valence-electron chi connectivity index (χ2n) is 8.16. The van der Waals surface area contributed by atoms with Gasteiger partial charge in [-0.05, 0) is 66.3 Å². The van der Waals surface area contributed by atoms with Crippen LogP contribution >= 0.6 is 0 Å². The molecule has 2 aliphatic heterocycles. The Hall–Kier alpha value is -2.49. The number of halogens is 1. The van der Waals surface area contributed by atoms with Gasteiger partial charge in [-0.3, -0.25) is 4.98 Å². The molecule has 0 spiro atoms. The first kappa shape index (κ1) is 22.7. The molecule has 2 atom stereocenters. The molecule has 4 rings (SSSR count). The zero-order valence-corrected chi connectivity index (χ0v) is 18.6. The van der Waals surface area contributed by atoms with E-state index in [0.717, 1.165) is 16.7 Å². The van der Waals surface area contributed by atoms with E-state index in [1.807, 2.05) is 19.1 Å². The summed E-state index contributed by atoms with van der Waals surface area (Å²) in [6.45, 7) is 1.93. The third-order valence-electron chi connectivity index (χ3n) is 6.06. The monoisotopic (exact) mass is 457 g/mol. The SMILES string of the molecule is CCC1=C2[C@@H](CC/C(=C/c3ccc(O)c(F)c3)c3ccccn3)OB(O)C[C@@H]2S(=O)(=O)C1. The topological polar surface area (TPSA) is 96.7 Å². The second-order valence-corrected chi connectivity index (χ2v) is 10.3. The molecule has 3 heterocycles. The summed E-state index contributed by atoms with van der Waals surface area (Å²) >= 11 is 0. The van der Waals surface area contributed by atoms with Crippen molar-refractivity contribution in [1.82, 2.24) is 4.98 Å². The number of hydrogen-bond acceptors (Lipinski definition) is 6. The molecule has 0 amide bonds. The lowest BCUT2D eigenvalue weighted by atomic mass is 9.74. The number of hydrogen-bond donors (Lipinski definition) is 2. The Balaban J connectivity index is 1.64. The average molecular weight is 457 g/mol. The smallest absolute Gasteiger partial charge is 0.456 e. The fourth-order valence-electron chi connectivity index (χ4n) is 4.52. The van der Waals surface area contributed by atoms with Crippen molar-refractivity contribution >= 4 is 28.6 Å². The summed E-state index contributed by atoms with van der Waals surface area (Å²) < 4.78 is 44.9. The second kappa shape index (κ2) is 9.17. The van der Waals surface area contributed by atoms with E-state index in [1.54, 1.807) is 24.4 Å². The van der Waals surface area contributed by atoms with E-state index in [1.165, 1.54) is 12.1 Å². The normalized spacial score (nSPS) is 22.8. The molecule has 1 aromatic heterocycles. The number of allylic oxidation sites excluding steroid dienone is 1. The summed E-state index contributed by atoms with van der Waals surface area (Å²) in [6, 6.07) is 9.65. The number of benzene rings is 1. The van der Waals surface area contributed by atoms with E-state index in [9.17, 15) is 22.9 Å². The summed E-state index contributed by atoms with van der Waals surface area (Å²) in [6.07, 6.45) is 4.56. The van der Waals surface area contributed by atoms with E-state index in [0.29, 0.717) is 30.5 Å². The fraction of sp³-hybridized carbons (Fsp3) is 0.348. The fourth-order valence-corrected chi connectivity index (χ4v) is 6.74. The van der Waals surface area contributed by atoms with Crippen LogP contribution in [0.25, 0.3) is 11.6 Å². The molecule has 0 unspecified atom stereocenters. The zero-order chi connectivity index (χ0) is 22.9. The molecule has 2 aromatic rings. The number of pyridine rings is 1. The van der Waals surface area contributed by atoms with Crippen molar-refractivity contribution in [1.29, 1.82) is 0 Å².